The van der Waals surface area contributed by atoms with Crippen molar-refractivity contribution in [3.05, 3.63) is 61.8 Å². The van der Waals surface area contributed by atoms with E-state index in [-0.39, 0.29) is 16.7 Å². The number of methoxy groups -OCH3 is 1. The highest BCUT2D eigenvalue weighted by Crippen LogP contribution is 2.38. The van der Waals surface area contributed by atoms with Crippen LogP contribution in [0.1, 0.15) is 10.4 Å². The number of amides is 1. The van der Waals surface area contributed by atoms with Crippen LogP contribution in [0.25, 0.3) is 21.9 Å². The number of nitrogens with one attached hydrogen (secondary N) is 1. The predicted molar refractivity (Wildman–Crippen MR) is 115 cm³/mol. The first-order valence-corrected chi connectivity index (χ1v) is 9.62. The van der Waals surface area contributed by atoms with Crippen molar-refractivity contribution in [3.63, 3.8) is 0 Å². The molecule has 1 N–H and O–H groups in total. The molecule has 0 aliphatic carbocycles. The summed E-state index contributed by atoms with van der Waals surface area (Å²) >= 11 is 14.2. The molecule has 0 aliphatic rings. The Kier molecular flexibility index (Phi) is 4.88. The second kappa shape index (κ2) is 7.18. The van der Waals surface area contributed by atoms with Gasteiger partial charge < -0.3 is 14.5 Å². The number of pyridine rings is 1. The third-order valence-electron chi connectivity index (χ3n) is 4.05. The number of halogens is 3. The van der Waals surface area contributed by atoms with Crippen molar-refractivity contribution >= 4 is 79.5 Å². The molecule has 0 fully saturated rings. The minimum absolute atomic E-state index is 0.234. The molecule has 2 heterocycles. The lowest BCUT2D eigenvalue weighted by Crippen LogP contribution is -2.13. The number of hydrogen-bond donors (Lipinski definition) is 1. The fourth-order valence-electron chi connectivity index (χ4n) is 2.86. The van der Waals surface area contributed by atoms with E-state index in [1.165, 1.54) is 12.3 Å². The molecule has 0 spiro atoms. The third kappa shape index (κ3) is 3.33. The molecule has 4 rings (SSSR count). The molecular formula is C19H11Cl2IN2O3. The van der Waals surface area contributed by atoms with Crippen molar-refractivity contribution < 1.29 is 13.9 Å². The first-order chi connectivity index (χ1) is 13.0. The van der Waals surface area contributed by atoms with Gasteiger partial charge in [-0.3, -0.25) is 4.79 Å². The van der Waals surface area contributed by atoms with E-state index in [4.69, 9.17) is 32.4 Å². The molecule has 0 saturated heterocycles. The van der Waals surface area contributed by atoms with Crippen molar-refractivity contribution in [1.29, 1.82) is 0 Å². The average Bonchev–Trinajstić information content (AvgIpc) is 3.02. The van der Waals surface area contributed by atoms with E-state index in [0.29, 0.717) is 32.9 Å². The van der Waals surface area contributed by atoms with Gasteiger partial charge in [0, 0.05) is 20.5 Å². The van der Waals surface area contributed by atoms with Gasteiger partial charge in [0.05, 0.1) is 22.7 Å². The van der Waals surface area contributed by atoms with Crippen LogP contribution < -0.4 is 10.1 Å². The summed E-state index contributed by atoms with van der Waals surface area (Å²) in [6.07, 6.45) is 1.42. The van der Waals surface area contributed by atoms with Gasteiger partial charge in [0.15, 0.2) is 17.2 Å². The van der Waals surface area contributed by atoms with E-state index >= 15 is 0 Å². The minimum Gasteiger partial charge on any atom is -0.493 e. The van der Waals surface area contributed by atoms with Crippen LogP contribution in [0.3, 0.4) is 0 Å². The lowest BCUT2D eigenvalue weighted by molar-refractivity contribution is 0.102. The Morgan fingerprint density at radius 1 is 1.22 bits per heavy atom. The summed E-state index contributed by atoms with van der Waals surface area (Å²) in [7, 11) is 1.56. The fourth-order valence-corrected chi connectivity index (χ4v) is 3.78. The molecule has 27 heavy (non-hydrogen) atoms. The normalized spacial score (nSPS) is 11.1. The summed E-state index contributed by atoms with van der Waals surface area (Å²) in [5, 5.41) is 4.87. The molecule has 4 aromatic rings. The number of carbonyl (C=O) groups is 1. The lowest BCUT2D eigenvalue weighted by Gasteiger charge is -2.09. The molecule has 1 amide bonds. The SMILES string of the molecule is COc1ccc(C(=O)Nc2ncc(Cl)cc2Cl)c2c1oc1ccc(I)cc12. The van der Waals surface area contributed by atoms with E-state index in [1.807, 2.05) is 18.2 Å². The highest BCUT2D eigenvalue weighted by Gasteiger charge is 2.20. The van der Waals surface area contributed by atoms with Crippen molar-refractivity contribution in [2.45, 2.75) is 0 Å². The Labute approximate surface area is 177 Å². The summed E-state index contributed by atoms with van der Waals surface area (Å²) in [4.78, 5) is 17.0. The number of rotatable bonds is 3. The minimum atomic E-state index is -0.360. The van der Waals surface area contributed by atoms with Crippen LogP contribution in [0.5, 0.6) is 5.75 Å². The standard InChI is InChI=1S/C19H11Cl2IN2O3/c1-26-15-5-3-11(19(25)24-18-13(21)6-9(20)8-23-18)16-12-7-10(22)2-4-14(12)27-17(15)16/h2-8H,1H3,(H,23,24,25). The molecular weight excluding hydrogens is 502 g/mol. The number of ether oxygens (including phenoxy) is 1. The third-order valence-corrected chi connectivity index (χ3v) is 5.21. The molecule has 0 aliphatic heterocycles. The van der Waals surface area contributed by atoms with Crippen molar-refractivity contribution in [2.75, 3.05) is 12.4 Å². The zero-order chi connectivity index (χ0) is 19.1. The highest BCUT2D eigenvalue weighted by atomic mass is 127. The molecule has 0 radical (unpaired) electrons. The molecule has 0 unspecified atom stereocenters. The molecule has 0 bridgehead atoms. The van der Waals surface area contributed by atoms with Gasteiger partial charge in [0.25, 0.3) is 5.91 Å². The van der Waals surface area contributed by atoms with Crippen LogP contribution >= 0.6 is 45.8 Å². The largest absolute Gasteiger partial charge is 0.493 e. The Bertz CT molecular complexity index is 1210. The zero-order valence-electron chi connectivity index (χ0n) is 13.8. The van der Waals surface area contributed by atoms with Crippen LogP contribution in [-0.4, -0.2) is 18.0 Å². The fraction of sp³-hybridized carbons (Fsp3) is 0.0526. The van der Waals surface area contributed by atoms with Crippen molar-refractivity contribution in [1.82, 2.24) is 4.98 Å². The number of furan rings is 1. The van der Waals surface area contributed by atoms with Gasteiger partial charge in [-0.15, -0.1) is 0 Å². The Balaban J connectivity index is 1.89. The van der Waals surface area contributed by atoms with Gasteiger partial charge in [-0.1, -0.05) is 23.2 Å². The summed E-state index contributed by atoms with van der Waals surface area (Å²) in [5.41, 5.74) is 1.61. The quantitative estimate of drug-likeness (QED) is 0.334. The summed E-state index contributed by atoms with van der Waals surface area (Å²) in [6, 6.07) is 10.7. The van der Waals surface area contributed by atoms with E-state index in [9.17, 15) is 4.79 Å². The van der Waals surface area contributed by atoms with Crippen LogP contribution in [0.15, 0.2) is 47.0 Å². The smallest absolute Gasteiger partial charge is 0.257 e. The first kappa shape index (κ1) is 18.3. The van der Waals surface area contributed by atoms with Gasteiger partial charge >= 0.3 is 0 Å². The summed E-state index contributed by atoms with van der Waals surface area (Å²) < 4.78 is 12.4. The van der Waals surface area contributed by atoms with Crippen LogP contribution in [0, 0.1) is 3.57 Å². The second-order valence-corrected chi connectivity index (χ2v) is 7.79. The maximum Gasteiger partial charge on any atom is 0.257 e. The topological polar surface area (TPSA) is 64.4 Å². The van der Waals surface area contributed by atoms with Crippen LogP contribution in [0.4, 0.5) is 5.82 Å². The van der Waals surface area contributed by atoms with Gasteiger partial charge in [-0.25, -0.2) is 4.98 Å². The lowest BCUT2D eigenvalue weighted by atomic mass is 10.1. The average molecular weight is 513 g/mol. The maximum atomic E-state index is 13.0. The summed E-state index contributed by atoms with van der Waals surface area (Å²) in [6.45, 7) is 0. The number of hydrogen-bond acceptors (Lipinski definition) is 4. The summed E-state index contributed by atoms with van der Waals surface area (Å²) in [5.74, 6) is 0.425. The van der Waals surface area contributed by atoms with Gasteiger partial charge in [0.2, 0.25) is 0 Å². The van der Waals surface area contributed by atoms with E-state index in [2.05, 4.69) is 32.9 Å². The number of carbonyl (C=O) groups excluding carboxylic acids is 1. The van der Waals surface area contributed by atoms with Crippen molar-refractivity contribution in [3.8, 4) is 5.75 Å². The maximum absolute atomic E-state index is 13.0. The molecule has 0 atom stereocenters. The van der Waals surface area contributed by atoms with Gasteiger partial charge in [-0.2, -0.15) is 0 Å². The molecule has 2 aromatic heterocycles. The number of anilines is 1. The molecule has 8 heteroatoms. The predicted octanol–water partition coefficient (Wildman–Crippen LogP) is 6.15. The number of fused-ring (bicyclic) bond motifs is 3. The Morgan fingerprint density at radius 2 is 2.04 bits per heavy atom. The molecule has 5 nitrogen and oxygen atoms in total. The second-order valence-electron chi connectivity index (χ2n) is 5.70. The number of nitrogens with zero attached hydrogens (tertiary/aromatic N) is 1. The molecule has 2 aromatic carbocycles. The molecule has 0 saturated carbocycles. The van der Waals surface area contributed by atoms with Crippen LogP contribution in [0.2, 0.25) is 10.0 Å². The Hall–Kier alpha value is -2.03. The van der Waals surface area contributed by atoms with Crippen LogP contribution in [-0.2, 0) is 0 Å². The zero-order valence-corrected chi connectivity index (χ0v) is 17.5. The molecule has 136 valence electrons. The number of aromatic nitrogens is 1. The van der Waals surface area contributed by atoms with E-state index in [0.717, 1.165) is 8.96 Å². The first-order valence-electron chi connectivity index (χ1n) is 7.79. The highest BCUT2D eigenvalue weighted by molar-refractivity contribution is 14.1. The monoisotopic (exact) mass is 512 g/mol. The van der Waals surface area contributed by atoms with E-state index < -0.39 is 0 Å². The number of benzene rings is 2. The van der Waals surface area contributed by atoms with E-state index in [1.54, 1.807) is 19.2 Å². The van der Waals surface area contributed by atoms with Gasteiger partial charge in [-0.05, 0) is 59.0 Å². The Morgan fingerprint density at radius 3 is 2.78 bits per heavy atom. The van der Waals surface area contributed by atoms with Crippen molar-refractivity contribution in [2.24, 2.45) is 0 Å². The van der Waals surface area contributed by atoms with Gasteiger partial charge in [0.1, 0.15) is 5.58 Å².